The van der Waals surface area contributed by atoms with Crippen molar-refractivity contribution in [3.05, 3.63) is 98.7 Å². The molecular weight excluding hydrogens is 1020 g/mol. The second-order valence-electron chi connectivity index (χ2n) is 16.7. The largest absolute Gasteiger partial charge is 0.462 e. The molecule has 1 saturated carbocycles. The highest BCUT2D eigenvalue weighted by atomic mass is 35.5. The molecule has 28 heteroatoms. The van der Waals surface area contributed by atoms with Crippen LogP contribution in [0.3, 0.4) is 0 Å². The Kier molecular flexibility index (Phi) is 13.5. The maximum Gasteiger partial charge on any atom is 0.435 e. The summed E-state index contributed by atoms with van der Waals surface area (Å²) in [6.07, 6.45) is -10.4. The molecule has 3 aromatic heterocycles. The number of aromatic nitrogens is 5. The van der Waals surface area contributed by atoms with Crippen LogP contribution in [0.2, 0.25) is 5.02 Å². The highest BCUT2D eigenvalue weighted by Crippen LogP contribution is 2.68. The second-order valence-corrected chi connectivity index (χ2v) is 20.6. The zero-order chi connectivity index (χ0) is 51.8. The van der Waals surface area contributed by atoms with Gasteiger partial charge in [0.05, 0.1) is 41.6 Å². The lowest BCUT2D eigenvalue weighted by atomic mass is 9.93. The van der Waals surface area contributed by atoms with E-state index in [0.29, 0.717) is 10.7 Å². The molecule has 70 heavy (non-hydrogen) atoms. The number of esters is 1. The molecule has 3 heterocycles. The van der Waals surface area contributed by atoms with E-state index in [1.807, 2.05) is 0 Å². The number of rotatable bonds is 12. The van der Waals surface area contributed by atoms with Gasteiger partial charge in [0.25, 0.3) is 17.2 Å². The van der Waals surface area contributed by atoms with E-state index in [1.54, 1.807) is 0 Å². The van der Waals surface area contributed by atoms with Crippen LogP contribution < -0.4 is 5.32 Å². The predicted molar refractivity (Wildman–Crippen MR) is 226 cm³/mol. The van der Waals surface area contributed by atoms with Gasteiger partial charge in [0, 0.05) is 40.3 Å². The first-order chi connectivity index (χ1) is 32.3. The van der Waals surface area contributed by atoms with Crippen LogP contribution in [0, 0.1) is 29.4 Å². The Morgan fingerprint density at radius 3 is 2.26 bits per heavy atom. The molecule has 2 N–H and O–H groups in total. The molecule has 2 amide bonds. The number of fused-ring (bicyclic) bond motifs is 4. The maximum atomic E-state index is 15.5. The van der Waals surface area contributed by atoms with Crippen molar-refractivity contribution >= 4 is 61.4 Å². The Labute approximate surface area is 396 Å². The van der Waals surface area contributed by atoms with Gasteiger partial charge < -0.3 is 10.1 Å². The molecule has 4 atom stereocenters. The van der Waals surface area contributed by atoms with E-state index < -0.39 is 157 Å². The maximum absolute atomic E-state index is 15.5. The van der Waals surface area contributed by atoms with Gasteiger partial charge in [-0.15, -0.1) is 0 Å². The number of hydrogen-bond donors (Lipinski definition) is 2. The van der Waals surface area contributed by atoms with Crippen molar-refractivity contribution in [2.24, 2.45) is 5.92 Å². The van der Waals surface area contributed by atoms with Gasteiger partial charge in [-0.05, 0) is 74.4 Å². The van der Waals surface area contributed by atoms with Crippen molar-refractivity contribution in [1.82, 2.24) is 34.2 Å². The van der Waals surface area contributed by atoms with Crippen LogP contribution in [-0.4, -0.2) is 88.1 Å². The molecule has 374 valence electrons. The summed E-state index contributed by atoms with van der Waals surface area (Å²) in [4.78, 5) is 43.5. The van der Waals surface area contributed by atoms with Gasteiger partial charge >= 0.3 is 24.2 Å². The van der Waals surface area contributed by atoms with Gasteiger partial charge in [-0.1, -0.05) is 23.6 Å². The fraction of sp³-hybridized carbons (Fsp3) is 0.381. The van der Waals surface area contributed by atoms with E-state index in [0.717, 1.165) is 49.8 Å². The van der Waals surface area contributed by atoms with Crippen LogP contribution in [0.4, 0.5) is 43.9 Å². The van der Waals surface area contributed by atoms with Crippen LogP contribution in [0.25, 0.3) is 22.0 Å². The van der Waals surface area contributed by atoms with E-state index in [-0.39, 0.29) is 42.8 Å². The molecule has 0 aliphatic heterocycles. The first kappa shape index (κ1) is 51.7. The molecule has 0 bridgehead atoms. The molecular formula is C42H34ClF10N7O8S2. The van der Waals surface area contributed by atoms with E-state index in [4.69, 9.17) is 11.6 Å². The summed E-state index contributed by atoms with van der Waals surface area (Å²) in [6.45, 7) is -1.88. The number of amides is 2. The lowest BCUT2D eigenvalue weighted by molar-refractivity contribution is -0.155. The molecule has 2 unspecified atom stereocenters. The summed E-state index contributed by atoms with van der Waals surface area (Å²) < 4.78 is 197. The van der Waals surface area contributed by atoms with E-state index in [2.05, 4.69) is 37.1 Å². The van der Waals surface area contributed by atoms with Crippen LogP contribution in [-0.2, 0) is 78.4 Å². The fourth-order valence-electron chi connectivity index (χ4n) is 7.98. The summed E-state index contributed by atoms with van der Waals surface area (Å²) in [5.41, 5.74) is -6.26. The van der Waals surface area contributed by atoms with Crippen LogP contribution in [0.1, 0.15) is 71.8 Å². The third kappa shape index (κ3) is 10.2. The van der Waals surface area contributed by atoms with E-state index in [9.17, 15) is 66.7 Å². The highest BCUT2D eigenvalue weighted by Gasteiger charge is 2.68. The Morgan fingerprint density at radius 1 is 1.03 bits per heavy atom. The average Bonchev–Trinajstić information content (AvgIpc) is 3.75. The van der Waals surface area contributed by atoms with Gasteiger partial charge in [-0.2, -0.15) is 45.3 Å². The molecule has 0 spiro atoms. The number of halogens is 11. The minimum Gasteiger partial charge on any atom is -0.462 e. The first-order valence-electron chi connectivity index (χ1n) is 20.1. The molecule has 15 nitrogen and oxygen atoms in total. The Hall–Kier alpha value is -6.11. The summed E-state index contributed by atoms with van der Waals surface area (Å²) in [6, 6.07) is 4.87. The summed E-state index contributed by atoms with van der Waals surface area (Å²) >= 11 is 3.24. The van der Waals surface area contributed by atoms with Gasteiger partial charge in [0.15, 0.2) is 15.5 Å². The number of hydrogen-bond acceptors (Lipinski definition) is 10. The van der Waals surface area contributed by atoms with E-state index in [1.165, 1.54) is 13.8 Å². The minimum absolute atomic E-state index is 0.0117. The van der Waals surface area contributed by atoms with Crippen LogP contribution >= 0.6 is 11.6 Å². The first-order valence-corrected chi connectivity index (χ1v) is 23.5. The number of ether oxygens (including phenoxy) is 1. The van der Waals surface area contributed by atoms with Crippen molar-refractivity contribution in [2.75, 3.05) is 13.4 Å². The number of nitrogens with zero attached hydrogens (tertiary/aromatic N) is 6. The predicted octanol–water partition coefficient (Wildman–Crippen LogP) is 6.93. The topological polar surface area (TPSA) is 196 Å². The Bertz CT molecular complexity index is 3180. The van der Waals surface area contributed by atoms with Crippen molar-refractivity contribution in [1.29, 1.82) is 0 Å². The van der Waals surface area contributed by atoms with Gasteiger partial charge in [0.1, 0.15) is 40.9 Å². The average molecular weight is 1050 g/mol. The molecule has 7 rings (SSSR count). The molecule has 2 aliphatic rings. The summed E-state index contributed by atoms with van der Waals surface area (Å²) in [7, 11) is -3.14. The Morgan fingerprint density at radius 2 is 1.67 bits per heavy atom. The van der Waals surface area contributed by atoms with Gasteiger partial charge in [-0.25, -0.2) is 35.5 Å². The lowest BCUT2D eigenvalue weighted by Crippen LogP contribution is -2.38. The lowest BCUT2D eigenvalue weighted by Gasteiger charge is -2.23. The number of nitrogens with one attached hydrogen (secondary N) is 1. The van der Waals surface area contributed by atoms with Crippen molar-refractivity contribution in [3.8, 4) is 23.0 Å². The van der Waals surface area contributed by atoms with Crippen LogP contribution in [0.15, 0.2) is 42.5 Å². The minimum atomic E-state index is -5.22. The normalized spacial score (nSPS) is 17.3. The molecule has 5 aromatic rings. The number of methoxy groups -OCH3 is 1. The van der Waals surface area contributed by atoms with E-state index >= 15 is 8.78 Å². The number of benzene rings is 2. The Balaban J connectivity index is 1.46. The van der Waals surface area contributed by atoms with Crippen LogP contribution in [0.5, 0.6) is 0 Å². The quantitative estimate of drug-likeness (QED) is 0.0433. The van der Waals surface area contributed by atoms with Crippen molar-refractivity contribution in [2.45, 2.75) is 81.3 Å². The summed E-state index contributed by atoms with van der Waals surface area (Å²) in [5.74, 6) is -8.43. The fourth-order valence-corrected chi connectivity index (χ4v) is 8.93. The molecule has 0 saturated heterocycles. The van der Waals surface area contributed by atoms with Gasteiger partial charge in [-0.3, -0.25) is 23.5 Å². The number of carbonyl (C=O) groups is 3. The zero-order valence-electron chi connectivity index (χ0n) is 36.3. The number of pyridine rings is 1. The number of sulfone groups is 1. The van der Waals surface area contributed by atoms with Gasteiger partial charge in [0.2, 0.25) is 5.91 Å². The monoisotopic (exact) mass is 1050 g/mol. The SMILES string of the molecule is COC(=O)C(=O)N(Cc1nn(CC(F)(F)F)c2c(-c3ccc(C#CC(C)(C)S(C)(=O)=O)nc3C(Cc3cc(F)cc(F)c3)NC(=O)Cn3nc(C(F)(F)F)c4c3C(F)(F)[C@@H]3C[C@H]43)ccc(Cl)c12)S(=O)O. The molecule has 0 radical (unpaired) electrons. The smallest absolute Gasteiger partial charge is 0.435 e. The highest BCUT2D eigenvalue weighted by molar-refractivity contribution is 7.92. The third-order valence-corrected chi connectivity index (χ3v) is 14.4. The molecule has 2 aromatic carbocycles. The standard InChI is InChI=1S/C42H34ClF10N7O8S2/c1-39(2,70(4,66)67)10-9-22-5-6-23(24-7-8-27(43)32-29(56-59(34(24)32)18-40(46,47)48)16-60(69(64)65)37(62)38(63)68-3)33(54-22)28(13-19-11-20(44)14-21(45)12-19)55-30(61)17-58-36-31(35(57-58)42(51,52)53)25-15-26(25)41(36,49)50/h5-8,11-12,14,25-26,28H,13,15-18H2,1-4H3,(H,55,61)(H,64,65)/t25-,26+,28?/m0/s1. The second kappa shape index (κ2) is 18.2. The third-order valence-electron chi connectivity index (χ3n) is 11.5. The zero-order valence-corrected chi connectivity index (χ0v) is 38.7. The number of alkyl halides is 8. The summed E-state index contributed by atoms with van der Waals surface area (Å²) in [5, 5.41) is 8.94. The molecule has 1 fully saturated rings. The number of carbonyl (C=O) groups excluding carboxylic acids is 3. The van der Waals surface area contributed by atoms with Crippen molar-refractivity contribution < 1.29 is 80.2 Å². The van der Waals surface area contributed by atoms with Crippen molar-refractivity contribution in [3.63, 3.8) is 0 Å². The molecule has 2 aliphatic carbocycles.